The first kappa shape index (κ1) is 14.3. The lowest BCUT2D eigenvalue weighted by atomic mass is 9.89. The van der Waals surface area contributed by atoms with E-state index in [1.165, 1.54) is 5.56 Å². The van der Waals surface area contributed by atoms with Crippen LogP contribution in [-0.2, 0) is 12.8 Å². The van der Waals surface area contributed by atoms with Crippen LogP contribution in [0.25, 0.3) is 11.1 Å². The van der Waals surface area contributed by atoms with Crippen molar-refractivity contribution in [1.82, 2.24) is 0 Å². The molecule has 0 aliphatic carbocycles. The summed E-state index contributed by atoms with van der Waals surface area (Å²) in [5.41, 5.74) is 4.84. The van der Waals surface area contributed by atoms with E-state index in [9.17, 15) is 9.90 Å². The Bertz CT molecular complexity index is 615. The Morgan fingerprint density at radius 3 is 2.35 bits per heavy atom. The lowest BCUT2D eigenvalue weighted by molar-refractivity contribution is 0.0695. The lowest BCUT2D eigenvalue weighted by Crippen LogP contribution is -2.04. The van der Waals surface area contributed by atoms with Crippen LogP contribution in [0.3, 0.4) is 0 Å². The zero-order valence-corrected chi connectivity index (χ0v) is 12.0. The average Bonchev–Trinajstić information content (AvgIpc) is 2.47. The second-order valence-electron chi connectivity index (χ2n) is 4.90. The Balaban J connectivity index is 2.67. The molecular weight excluding hydrogens is 248 g/mol. The van der Waals surface area contributed by atoms with E-state index in [-0.39, 0.29) is 0 Å². The number of benzene rings is 2. The van der Waals surface area contributed by atoms with E-state index in [2.05, 4.69) is 26.0 Å². The van der Waals surface area contributed by atoms with Crippen LogP contribution < -0.4 is 0 Å². The Kier molecular flexibility index (Phi) is 4.57. The monoisotopic (exact) mass is 268 g/mol. The molecule has 0 heterocycles. The van der Waals surface area contributed by atoms with Gasteiger partial charge in [-0.3, -0.25) is 0 Å². The summed E-state index contributed by atoms with van der Waals surface area (Å²) in [6, 6.07) is 13.8. The van der Waals surface area contributed by atoms with Gasteiger partial charge in [0.25, 0.3) is 0 Å². The molecule has 0 unspecified atom stereocenters. The molecule has 2 nitrogen and oxygen atoms in total. The van der Waals surface area contributed by atoms with Crippen molar-refractivity contribution in [3.8, 4) is 11.1 Å². The SMILES string of the molecule is CCCc1c(C(=O)O)cccc1-c1ccccc1CC. The Labute approximate surface area is 120 Å². The first-order valence-electron chi connectivity index (χ1n) is 7.12. The van der Waals surface area contributed by atoms with Crippen molar-refractivity contribution in [1.29, 1.82) is 0 Å². The lowest BCUT2D eigenvalue weighted by Gasteiger charge is -2.15. The molecule has 2 aromatic carbocycles. The summed E-state index contributed by atoms with van der Waals surface area (Å²) in [4.78, 5) is 11.4. The fourth-order valence-electron chi connectivity index (χ4n) is 2.65. The Morgan fingerprint density at radius 1 is 1.00 bits per heavy atom. The second-order valence-corrected chi connectivity index (χ2v) is 4.90. The summed E-state index contributed by atoms with van der Waals surface area (Å²) < 4.78 is 0. The molecule has 0 aliphatic rings. The number of aryl methyl sites for hydroxylation is 1. The van der Waals surface area contributed by atoms with Crippen LogP contribution in [0.4, 0.5) is 0 Å². The van der Waals surface area contributed by atoms with Gasteiger partial charge < -0.3 is 5.11 Å². The van der Waals surface area contributed by atoms with Gasteiger partial charge in [0.15, 0.2) is 0 Å². The summed E-state index contributed by atoms with van der Waals surface area (Å²) in [6.45, 7) is 4.20. The number of carbonyl (C=O) groups is 1. The molecule has 0 atom stereocenters. The largest absolute Gasteiger partial charge is 0.478 e. The number of carboxylic acids is 1. The molecule has 0 radical (unpaired) electrons. The molecule has 2 rings (SSSR count). The van der Waals surface area contributed by atoms with E-state index < -0.39 is 5.97 Å². The summed E-state index contributed by atoms with van der Waals surface area (Å²) >= 11 is 0. The minimum atomic E-state index is -0.843. The highest BCUT2D eigenvalue weighted by Crippen LogP contribution is 2.30. The van der Waals surface area contributed by atoms with Gasteiger partial charge in [0.1, 0.15) is 0 Å². The number of aromatic carboxylic acids is 1. The maximum absolute atomic E-state index is 11.4. The second kappa shape index (κ2) is 6.38. The van der Waals surface area contributed by atoms with E-state index in [4.69, 9.17) is 0 Å². The molecule has 104 valence electrons. The minimum absolute atomic E-state index is 0.426. The van der Waals surface area contributed by atoms with E-state index in [0.717, 1.165) is 36.0 Å². The fourth-order valence-corrected chi connectivity index (χ4v) is 2.65. The standard InChI is InChI=1S/C18H20O2/c1-3-8-15-16(11-7-12-17(15)18(19)20)14-10-6-5-9-13(14)4-2/h5-7,9-12H,3-4,8H2,1-2H3,(H,19,20). The maximum Gasteiger partial charge on any atom is 0.335 e. The smallest absolute Gasteiger partial charge is 0.335 e. The van der Waals surface area contributed by atoms with E-state index in [1.54, 1.807) is 6.07 Å². The van der Waals surface area contributed by atoms with Gasteiger partial charge in [-0.05, 0) is 41.2 Å². The Morgan fingerprint density at radius 2 is 1.70 bits per heavy atom. The van der Waals surface area contributed by atoms with Crippen LogP contribution in [-0.4, -0.2) is 11.1 Å². The molecule has 2 heteroatoms. The fraction of sp³-hybridized carbons (Fsp3) is 0.278. The van der Waals surface area contributed by atoms with Crippen molar-refractivity contribution < 1.29 is 9.90 Å². The topological polar surface area (TPSA) is 37.3 Å². The van der Waals surface area contributed by atoms with Gasteiger partial charge in [-0.25, -0.2) is 4.79 Å². The van der Waals surface area contributed by atoms with E-state index >= 15 is 0 Å². The molecular formula is C18H20O2. The van der Waals surface area contributed by atoms with Crippen molar-refractivity contribution in [2.24, 2.45) is 0 Å². The first-order valence-corrected chi connectivity index (χ1v) is 7.12. The van der Waals surface area contributed by atoms with Crippen molar-refractivity contribution in [3.05, 3.63) is 59.2 Å². The highest BCUT2D eigenvalue weighted by atomic mass is 16.4. The van der Waals surface area contributed by atoms with Gasteiger partial charge in [0.2, 0.25) is 0 Å². The molecule has 0 aliphatic heterocycles. The van der Waals surface area contributed by atoms with Gasteiger partial charge in [-0.1, -0.05) is 56.7 Å². The van der Waals surface area contributed by atoms with Gasteiger partial charge >= 0.3 is 5.97 Å². The molecule has 0 fully saturated rings. The van der Waals surface area contributed by atoms with Gasteiger partial charge in [0.05, 0.1) is 5.56 Å². The van der Waals surface area contributed by atoms with Crippen LogP contribution in [0.1, 0.15) is 41.8 Å². The average molecular weight is 268 g/mol. The predicted octanol–water partition coefficient (Wildman–Crippen LogP) is 4.57. The van der Waals surface area contributed by atoms with Crippen LogP contribution in [0, 0.1) is 0 Å². The molecule has 0 aromatic heterocycles. The zero-order valence-electron chi connectivity index (χ0n) is 12.0. The summed E-state index contributed by atoms with van der Waals surface area (Å²) in [7, 11) is 0. The highest BCUT2D eigenvalue weighted by Gasteiger charge is 2.15. The van der Waals surface area contributed by atoms with Gasteiger partial charge in [-0.15, -0.1) is 0 Å². The molecule has 0 bridgehead atoms. The third kappa shape index (κ3) is 2.74. The number of carboxylic acid groups (broad SMARTS) is 1. The molecule has 0 spiro atoms. The Hall–Kier alpha value is -2.09. The minimum Gasteiger partial charge on any atom is -0.478 e. The molecule has 0 amide bonds. The molecule has 0 saturated carbocycles. The third-order valence-corrected chi connectivity index (χ3v) is 3.59. The molecule has 2 aromatic rings. The van der Waals surface area contributed by atoms with Crippen LogP contribution in [0.5, 0.6) is 0 Å². The molecule has 0 saturated heterocycles. The normalized spacial score (nSPS) is 10.5. The van der Waals surface area contributed by atoms with E-state index in [0.29, 0.717) is 5.56 Å². The summed E-state index contributed by atoms with van der Waals surface area (Å²) in [5.74, 6) is -0.843. The van der Waals surface area contributed by atoms with Crippen LogP contribution in [0.15, 0.2) is 42.5 Å². The highest BCUT2D eigenvalue weighted by molar-refractivity contribution is 5.92. The van der Waals surface area contributed by atoms with Crippen LogP contribution >= 0.6 is 0 Å². The van der Waals surface area contributed by atoms with Crippen LogP contribution in [0.2, 0.25) is 0 Å². The maximum atomic E-state index is 11.4. The van der Waals surface area contributed by atoms with Crippen molar-refractivity contribution in [3.63, 3.8) is 0 Å². The van der Waals surface area contributed by atoms with Crippen molar-refractivity contribution >= 4 is 5.97 Å². The summed E-state index contributed by atoms with van der Waals surface area (Å²) in [5, 5.41) is 9.39. The number of hydrogen-bond donors (Lipinski definition) is 1. The summed E-state index contributed by atoms with van der Waals surface area (Å²) in [6.07, 6.45) is 2.67. The zero-order chi connectivity index (χ0) is 14.5. The van der Waals surface area contributed by atoms with Gasteiger partial charge in [0, 0.05) is 0 Å². The quantitative estimate of drug-likeness (QED) is 0.862. The predicted molar refractivity (Wildman–Crippen MR) is 82.2 cm³/mol. The van der Waals surface area contributed by atoms with Crippen molar-refractivity contribution in [2.45, 2.75) is 33.1 Å². The molecule has 20 heavy (non-hydrogen) atoms. The molecule has 1 N–H and O–H groups in total. The first-order chi connectivity index (χ1) is 9.69. The van der Waals surface area contributed by atoms with Gasteiger partial charge in [-0.2, -0.15) is 0 Å². The number of hydrogen-bond acceptors (Lipinski definition) is 1. The number of rotatable bonds is 5. The third-order valence-electron chi connectivity index (χ3n) is 3.59. The van der Waals surface area contributed by atoms with E-state index in [1.807, 2.05) is 24.3 Å². The van der Waals surface area contributed by atoms with Crippen molar-refractivity contribution in [2.75, 3.05) is 0 Å².